The molecule has 0 unspecified atom stereocenters. The van der Waals surface area contributed by atoms with Gasteiger partial charge in [-0.05, 0) is 25.1 Å². The zero-order valence-corrected chi connectivity index (χ0v) is 18.4. The number of aryl methyl sites for hydroxylation is 1. The number of rotatable bonds is 8. The highest BCUT2D eigenvalue weighted by atomic mass is 127. The van der Waals surface area contributed by atoms with Crippen LogP contribution in [0.25, 0.3) is 0 Å². The molecule has 0 radical (unpaired) electrons. The van der Waals surface area contributed by atoms with Crippen molar-refractivity contribution >= 4 is 41.3 Å². The summed E-state index contributed by atoms with van der Waals surface area (Å²) >= 11 is 1.66. The summed E-state index contributed by atoms with van der Waals surface area (Å²) in [4.78, 5) is 9.61. The second-order valence-electron chi connectivity index (χ2n) is 5.32. The molecule has 150 valence electrons. The van der Waals surface area contributed by atoms with Crippen LogP contribution in [0.2, 0.25) is 0 Å². The van der Waals surface area contributed by atoms with Crippen molar-refractivity contribution in [2.24, 2.45) is 4.99 Å². The molecule has 27 heavy (non-hydrogen) atoms. The van der Waals surface area contributed by atoms with Crippen LogP contribution in [0.1, 0.15) is 15.4 Å². The Hall–Kier alpha value is -1.69. The molecule has 0 saturated carbocycles. The van der Waals surface area contributed by atoms with Crippen LogP contribution < -0.4 is 20.1 Å². The average molecular weight is 512 g/mol. The van der Waals surface area contributed by atoms with Crippen LogP contribution in [-0.4, -0.2) is 38.3 Å². The second kappa shape index (κ2) is 11.9. The second-order valence-corrected chi connectivity index (χ2v) is 6.64. The van der Waals surface area contributed by atoms with E-state index in [1.807, 2.05) is 13.1 Å². The molecule has 2 N–H and O–H groups in total. The number of hydrogen-bond acceptors (Lipinski definition) is 5. The summed E-state index contributed by atoms with van der Waals surface area (Å²) in [6.07, 6.45) is 2.62. The Balaban J connectivity index is 0.00000364. The predicted molar refractivity (Wildman–Crippen MR) is 114 cm³/mol. The third-order valence-electron chi connectivity index (χ3n) is 3.45. The van der Waals surface area contributed by atoms with Crippen LogP contribution in [0, 0.1) is 6.92 Å². The van der Waals surface area contributed by atoms with Crippen molar-refractivity contribution in [3.05, 3.63) is 39.8 Å². The van der Waals surface area contributed by atoms with Crippen LogP contribution in [0.4, 0.5) is 8.78 Å². The minimum Gasteiger partial charge on any atom is -0.497 e. The Bertz CT molecular complexity index is 743. The summed E-state index contributed by atoms with van der Waals surface area (Å²) in [6, 6.07) is 4.68. The van der Waals surface area contributed by atoms with Crippen LogP contribution in [0.5, 0.6) is 11.5 Å². The summed E-state index contributed by atoms with van der Waals surface area (Å²) in [5.74, 6) is 1.22. The molecule has 1 aromatic carbocycles. The zero-order chi connectivity index (χ0) is 18.9. The molecule has 0 fully saturated rings. The van der Waals surface area contributed by atoms with Crippen molar-refractivity contribution in [2.45, 2.75) is 26.5 Å². The van der Waals surface area contributed by atoms with Gasteiger partial charge in [0.15, 0.2) is 5.96 Å². The van der Waals surface area contributed by atoms with E-state index in [1.54, 1.807) is 30.5 Å². The first-order valence-electron chi connectivity index (χ1n) is 7.99. The van der Waals surface area contributed by atoms with Crippen LogP contribution in [0.15, 0.2) is 29.4 Å². The number of aromatic nitrogens is 1. The van der Waals surface area contributed by atoms with E-state index >= 15 is 0 Å². The maximum absolute atomic E-state index is 12.6. The quantitative estimate of drug-likeness (QED) is 0.322. The van der Waals surface area contributed by atoms with Gasteiger partial charge in [0.05, 0.1) is 12.1 Å². The normalized spacial score (nSPS) is 11.1. The topological polar surface area (TPSA) is 67.8 Å². The van der Waals surface area contributed by atoms with Gasteiger partial charge >= 0.3 is 6.61 Å². The third kappa shape index (κ3) is 7.83. The van der Waals surface area contributed by atoms with E-state index in [9.17, 15) is 8.78 Å². The van der Waals surface area contributed by atoms with Gasteiger partial charge in [-0.25, -0.2) is 4.98 Å². The van der Waals surface area contributed by atoms with E-state index in [2.05, 4.69) is 25.3 Å². The summed E-state index contributed by atoms with van der Waals surface area (Å²) in [7, 11) is 3.16. The van der Waals surface area contributed by atoms with E-state index in [1.165, 1.54) is 18.1 Å². The molecule has 1 heterocycles. The Morgan fingerprint density at radius 1 is 1.33 bits per heavy atom. The molecule has 0 atom stereocenters. The van der Waals surface area contributed by atoms with Gasteiger partial charge in [-0.15, -0.1) is 35.3 Å². The fourth-order valence-corrected chi connectivity index (χ4v) is 3.02. The van der Waals surface area contributed by atoms with E-state index in [4.69, 9.17) is 4.74 Å². The largest absolute Gasteiger partial charge is 0.497 e. The molecular weight excluding hydrogens is 489 g/mol. The third-order valence-corrected chi connectivity index (χ3v) is 4.43. The lowest BCUT2D eigenvalue weighted by molar-refractivity contribution is -0.0504. The molecule has 2 rings (SSSR count). The number of ether oxygens (including phenoxy) is 2. The lowest BCUT2D eigenvalue weighted by Crippen LogP contribution is -2.38. The van der Waals surface area contributed by atoms with Gasteiger partial charge in [0.25, 0.3) is 0 Å². The highest BCUT2D eigenvalue weighted by molar-refractivity contribution is 14.0. The number of nitrogens with one attached hydrogen (secondary N) is 2. The SMILES string of the molecule is CN=C(NCCc1ncc(C)s1)NCc1cc(OC)ccc1OC(F)F.I. The highest BCUT2D eigenvalue weighted by Gasteiger charge is 2.11. The monoisotopic (exact) mass is 512 g/mol. The smallest absolute Gasteiger partial charge is 0.387 e. The van der Waals surface area contributed by atoms with Crippen molar-refractivity contribution in [3.63, 3.8) is 0 Å². The molecule has 1 aromatic heterocycles. The minimum atomic E-state index is -2.89. The molecule has 0 aliphatic rings. The standard InChI is InChI=1S/C17H22F2N4O2S.HI/c1-11-9-22-15(26-11)6-7-21-17(20-2)23-10-12-8-13(24-3)4-5-14(12)25-16(18)19;/h4-5,8-9,16H,6-7,10H2,1-3H3,(H2,20,21,23);1H. The maximum atomic E-state index is 12.6. The van der Waals surface area contributed by atoms with Crippen LogP contribution in [0.3, 0.4) is 0 Å². The van der Waals surface area contributed by atoms with Crippen LogP contribution in [-0.2, 0) is 13.0 Å². The zero-order valence-electron chi connectivity index (χ0n) is 15.3. The number of aliphatic imine (C=N–C) groups is 1. The van der Waals surface area contributed by atoms with Crippen molar-refractivity contribution in [1.82, 2.24) is 15.6 Å². The van der Waals surface area contributed by atoms with Crippen molar-refractivity contribution in [3.8, 4) is 11.5 Å². The fraction of sp³-hybridized carbons (Fsp3) is 0.412. The number of alkyl halides is 2. The predicted octanol–water partition coefficient (Wildman–Crippen LogP) is 3.59. The highest BCUT2D eigenvalue weighted by Crippen LogP contribution is 2.25. The Morgan fingerprint density at radius 2 is 2.11 bits per heavy atom. The van der Waals surface area contributed by atoms with Gasteiger partial charge in [0.1, 0.15) is 11.5 Å². The molecule has 2 aromatic rings. The van der Waals surface area contributed by atoms with Gasteiger partial charge < -0.3 is 20.1 Å². The van der Waals surface area contributed by atoms with Gasteiger partial charge in [0, 0.05) is 43.2 Å². The van der Waals surface area contributed by atoms with Crippen molar-refractivity contribution < 1.29 is 18.3 Å². The fourth-order valence-electron chi connectivity index (χ4n) is 2.24. The molecule has 0 aliphatic carbocycles. The Morgan fingerprint density at radius 3 is 2.70 bits per heavy atom. The van der Waals surface area contributed by atoms with Crippen molar-refractivity contribution in [1.29, 1.82) is 0 Å². The first-order valence-corrected chi connectivity index (χ1v) is 8.81. The first kappa shape index (κ1) is 23.3. The van der Waals surface area contributed by atoms with Gasteiger partial charge in [-0.3, -0.25) is 4.99 Å². The Kier molecular flexibility index (Phi) is 10.3. The molecule has 0 amide bonds. The molecule has 0 aliphatic heterocycles. The molecule has 6 nitrogen and oxygen atoms in total. The molecular formula is C17H23F2IN4O2S. The first-order chi connectivity index (χ1) is 12.5. The average Bonchev–Trinajstić information content (AvgIpc) is 3.03. The summed E-state index contributed by atoms with van der Waals surface area (Å²) < 4.78 is 34.8. The summed E-state index contributed by atoms with van der Waals surface area (Å²) in [5, 5.41) is 7.30. The number of thiazole rings is 1. The van der Waals surface area contributed by atoms with Gasteiger partial charge in [-0.1, -0.05) is 0 Å². The van der Waals surface area contributed by atoms with Crippen LogP contribution >= 0.6 is 35.3 Å². The Labute approximate surface area is 178 Å². The van der Waals surface area contributed by atoms with Crippen molar-refractivity contribution in [2.75, 3.05) is 20.7 Å². The molecule has 0 spiro atoms. The van der Waals surface area contributed by atoms with Gasteiger partial charge in [0.2, 0.25) is 0 Å². The summed E-state index contributed by atoms with van der Waals surface area (Å²) in [5.41, 5.74) is 0.545. The minimum absolute atomic E-state index is 0. The number of nitrogens with zero attached hydrogens (tertiary/aromatic N) is 2. The lowest BCUT2D eigenvalue weighted by atomic mass is 10.2. The lowest BCUT2D eigenvalue weighted by Gasteiger charge is -2.15. The molecule has 0 bridgehead atoms. The summed E-state index contributed by atoms with van der Waals surface area (Å²) in [6.45, 7) is 0.0456. The molecule has 0 saturated heterocycles. The number of hydrogen-bond donors (Lipinski definition) is 2. The van der Waals surface area contributed by atoms with E-state index in [-0.39, 0.29) is 36.3 Å². The van der Waals surface area contributed by atoms with E-state index in [0.29, 0.717) is 23.8 Å². The maximum Gasteiger partial charge on any atom is 0.387 e. The van der Waals surface area contributed by atoms with E-state index in [0.717, 1.165) is 11.4 Å². The number of halogens is 3. The number of guanidine groups is 1. The number of benzene rings is 1. The van der Waals surface area contributed by atoms with E-state index < -0.39 is 6.61 Å². The molecule has 10 heteroatoms. The number of methoxy groups -OCH3 is 1. The van der Waals surface area contributed by atoms with Gasteiger partial charge in [-0.2, -0.15) is 8.78 Å².